The normalized spacial score (nSPS) is 10.9. The van der Waals surface area contributed by atoms with E-state index in [0.29, 0.717) is 0 Å². The summed E-state index contributed by atoms with van der Waals surface area (Å²) in [5.74, 6) is 1.09. The first kappa shape index (κ1) is 10.8. The van der Waals surface area contributed by atoms with Gasteiger partial charge in [-0.2, -0.15) is 0 Å². The molecule has 2 rings (SSSR count). The van der Waals surface area contributed by atoms with E-state index in [-0.39, 0.29) is 0 Å². The molecule has 6 nitrogen and oxygen atoms in total. The first-order chi connectivity index (χ1) is 7.75. The van der Waals surface area contributed by atoms with Crippen LogP contribution in [0.25, 0.3) is 0 Å². The smallest absolute Gasteiger partial charge is 0.109 e. The fourth-order valence-corrected chi connectivity index (χ4v) is 1.53. The summed E-state index contributed by atoms with van der Waals surface area (Å²) in [6.45, 7) is 1.64. The van der Waals surface area contributed by atoms with Crippen molar-refractivity contribution in [2.45, 2.75) is 13.0 Å². The van der Waals surface area contributed by atoms with Crippen molar-refractivity contribution >= 4 is 0 Å². The minimum atomic E-state index is 0.748. The third kappa shape index (κ3) is 2.66. The van der Waals surface area contributed by atoms with Crippen LogP contribution in [-0.2, 0) is 27.1 Å². The van der Waals surface area contributed by atoms with Crippen LogP contribution < -0.4 is 5.32 Å². The van der Waals surface area contributed by atoms with E-state index >= 15 is 0 Å². The Labute approximate surface area is 94.3 Å². The van der Waals surface area contributed by atoms with E-state index in [4.69, 9.17) is 0 Å². The fraction of sp³-hybridized carbons (Fsp3) is 0.500. The van der Waals surface area contributed by atoms with Crippen molar-refractivity contribution in [3.05, 3.63) is 30.1 Å². The largest absolute Gasteiger partial charge is 0.338 e. The Hall–Kier alpha value is -1.69. The molecule has 0 saturated carbocycles. The van der Waals surface area contributed by atoms with Gasteiger partial charge in [0.05, 0.1) is 5.69 Å². The second kappa shape index (κ2) is 4.89. The highest BCUT2D eigenvalue weighted by Gasteiger charge is 2.00. The van der Waals surface area contributed by atoms with Crippen LogP contribution in [0.2, 0.25) is 0 Å². The van der Waals surface area contributed by atoms with E-state index in [1.807, 2.05) is 37.3 Å². The van der Waals surface area contributed by atoms with Crippen molar-refractivity contribution in [1.29, 1.82) is 0 Å². The summed E-state index contributed by atoms with van der Waals surface area (Å²) in [4.78, 5) is 4.26. The van der Waals surface area contributed by atoms with E-state index in [1.54, 1.807) is 4.68 Å². The highest BCUT2D eigenvalue weighted by Crippen LogP contribution is 1.95. The molecule has 2 heterocycles. The van der Waals surface area contributed by atoms with E-state index in [0.717, 1.165) is 31.0 Å². The molecule has 6 heteroatoms. The molecule has 86 valence electrons. The standard InChI is InChI=1S/C10H16N6/c1-15-6-5-12-10(15)3-4-11-7-9-8-16(2)14-13-9/h5-6,8,11H,3-4,7H2,1-2H3. The summed E-state index contributed by atoms with van der Waals surface area (Å²) in [6, 6.07) is 0. The topological polar surface area (TPSA) is 60.6 Å². The molecule has 0 fully saturated rings. The fourth-order valence-electron chi connectivity index (χ4n) is 1.53. The monoisotopic (exact) mass is 220 g/mol. The molecule has 0 aliphatic carbocycles. The molecule has 2 aromatic heterocycles. The Morgan fingerprint density at radius 1 is 1.38 bits per heavy atom. The molecule has 1 N–H and O–H groups in total. The molecule has 0 saturated heterocycles. The molecule has 0 bridgehead atoms. The third-order valence-electron chi connectivity index (χ3n) is 2.40. The summed E-state index contributed by atoms with van der Waals surface area (Å²) in [5, 5.41) is 11.2. The lowest BCUT2D eigenvalue weighted by atomic mass is 10.4. The van der Waals surface area contributed by atoms with Gasteiger partial charge in [0.25, 0.3) is 0 Å². The molecule has 0 amide bonds. The summed E-state index contributed by atoms with van der Waals surface area (Å²) in [7, 11) is 3.87. The Kier molecular flexibility index (Phi) is 3.31. The number of aryl methyl sites for hydroxylation is 2. The zero-order valence-corrected chi connectivity index (χ0v) is 9.59. The molecule has 16 heavy (non-hydrogen) atoms. The lowest BCUT2D eigenvalue weighted by Crippen LogP contribution is -2.18. The van der Waals surface area contributed by atoms with Gasteiger partial charge >= 0.3 is 0 Å². The number of hydrogen-bond donors (Lipinski definition) is 1. The van der Waals surface area contributed by atoms with Crippen molar-refractivity contribution in [3.8, 4) is 0 Å². The Bertz CT molecular complexity index is 444. The molecule has 0 radical (unpaired) electrons. The Morgan fingerprint density at radius 3 is 2.88 bits per heavy atom. The van der Waals surface area contributed by atoms with Gasteiger partial charge in [-0.25, -0.2) is 4.98 Å². The van der Waals surface area contributed by atoms with Crippen LogP contribution in [-0.4, -0.2) is 31.1 Å². The SMILES string of the molecule is Cn1cc(CNCCc2nccn2C)nn1. The highest BCUT2D eigenvalue weighted by molar-refractivity contribution is 4.93. The second-order valence-corrected chi connectivity index (χ2v) is 3.76. The van der Waals surface area contributed by atoms with E-state index in [9.17, 15) is 0 Å². The Morgan fingerprint density at radius 2 is 2.25 bits per heavy atom. The van der Waals surface area contributed by atoms with E-state index in [1.165, 1.54) is 0 Å². The lowest BCUT2D eigenvalue weighted by Gasteiger charge is -2.02. The van der Waals surface area contributed by atoms with Gasteiger partial charge in [-0.1, -0.05) is 5.21 Å². The summed E-state index contributed by atoms with van der Waals surface area (Å²) < 4.78 is 3.74. The van der Waals surface area contributed by atoms with Crippen molar-refractivity contribution in [1.82, 2.24) is 29.9 Å². The first-order valence-corrected chi connectivity index (χ1v) is 5.28. The number of nitrogens with zero attached hydrogens (tertiary/aromatic N) is 5. The van der Waals surface area contributed by atoms with Crippen LogP contribution in [0, 0.1) is 0 Å². The molecule has 0 aliphatic rings. The van der Waals surface area contributed by atoms with Gasteiger partial charge in [-0.05, 0) is 0 Å². The van der Waals surface area contributed by atoms with Crippen LogP contribution in [0.1, 0.15) is 11.5 Å². The van der Waals surface area contributed by atoms with Gasteiger partial charge in [-0.3, -0.25) is 4.68 Å². The summed E-state index contributed by atoms with van der Waals surface area (Å²) in [5.41, 5.74) is 0.961. The van der Waals surface area contributed by atoms with Crippen molar-refractivity contribution in [3.63, 3.8) is 0 Å². The highest BCUT2D eigenvalue weighted by atomic mass is 15.4. The van der Waals surface area contributed by atoms with Crippen LogP contribution in [0.5, 0.6) is 0 Å². The lowest BCUT2D eigenvalue weighted by molar-refractivity contribution is 0.644. The van der Waals surface area contributed by atoms with E-state index < -0.39 is 0 Å². The van der Waals surface area contributed by atoms with Crippen LogP contribution in [0.15, 0.2) is 18.6 Å². The number of nitrogens with one attached hydrogen (secondary N) is 1. The van der Waals surface area contributed by atoms with Gasteiger partial charge in [0.15, 0.2) is 0 Å². The minimum absolute atomic E-state index is 0.748. The van der Waals surface area contributed by atoms with Gasteiger partial charge in [-0.15, -0.1) is 5.10 Å². The van der Waals surface area contributed by atoms with Crippen molar-refractivity contribution < 1.29 is 0 Å². The predicted molar refractivity (Wildman–Crippen MR) is 59.6 cm³/mol. The average molecular weight is 220 g/mol. The molecule has 2 aromatic rings. The number of hydrogen-bond acceptors (Lipinski definition) is 4. The van der Waals surface area contributed by atoms with Crippen LogP contribution in [0.3, 0.4) is 0 Å². The number of aromatic nitrogens is 5. The first-order valence-electron chi connectivity index (χ1n) is 5.28. The molecule has 0 aromatic carbocycles. The molecular formula is C10H16N6. The van der Waals surface area contributed by atoms with Crippen LogP contribution >= 0.6 is 0 Å². The maximum absolute atomic E-state index is 4.26. The van der Waals surface area contributed by atoms with Crippen molar-refractivity contribution in [2.24, 2.45) is 14.1 Å². The molecular weight excluding hydrogens is 204 g/mol. The number of imidazole rings is 1. The molecule has 0 spiro atoms. The maximum Gasteiger partial charge on any atom is 0.109 e. The quantitative estimate of drug-likeness (QED) is 0.714. The summed E-state index contributed by atoms with van der Waals surface area (Å²) >= 11 is 0. The zero-order chi connectivity index (χ0) is 11.4. The molecule has 0 atom stereocenters. The van der Waals surface area contributed by atoms with Gasteiger partial charge < -0.3 is 9.88 Å². The number of rotatable bonds is 5. The molecule has 0 aliphatic heterocycles. The maximum atomic E-state index is 4.26. The third-order valence-corrected chi connectivity index (χ3v) is 2.40. The van der Waals surface area contributed by atoms with Gasteiger partial charge in [0, 0.05) is 52.2 Å². The summed E-state index contributed by atoms with van der Waals surface area (Å²) in [6.07, 6.45) is 6.60. The van der Waals surface area contributed by atoms with E-state index in [2.05, 4.69) is 20.6 Å². The zero-order valence-electron chi connectivity index (χ0n) is 9.59. The second-order valence-electron chi connectivity index (χ2n) is 3.76. The van der Waals surface area contributed by atoms with Gasteiger partial charge in [0.1, 0.15) is 5.82 Å². The Balaban J connectivity index is 1.71. The van der Waals surface area contributed by atoms with Crippen LogP contribution in [0.4, 0.5) is 0 Å². The van der Waals surface area contributed by atoms with Crippen molar-refractivity contribution in [2.75, 3.05) is 6.54 Å². The predicted octanol–water partition coefficient (Wildman–Crippen LogP) is -0.119. The minimum Gasteiger partial charge on any atom is -0.338 e. The van der Waals surface area contributed by atoms with Gasteiger partial charge in [0.2, 0.25) is 0 Å². The average Bonchev–Trinajstić information content (AvgIpc) is 2.83. The molecule has 0 unspecified atom stereocenters.